The largest absolute Gasteiger partial charge is 0.508 e. The minimum atomic E-state index is -0.721. The summed E-state index contributed by atoms with van der Waals surface area (Å²) < 4.78 is 0. The molecule has 0 saturated heterocycles. The molecule has 0 fully saturated rings. The van der Waals surface area contributed by atoms with Crippen LogP contribution in [0.2, 0.25) is 0 Å². The Morgan fingerprint density at radius 2 is 1.83 bits per heavy atom. The maximum absolute atomic E-state index is 12.1. The highest BCUT2D eigenvalue weighted by atomic mass is 16.3. The minimum absolute atomic E-state index is 0.0191. The third-order valence-corrected chi connectivity index (χ3v) is 5.12. The van der Waals surface area contributed by atoms with Gasteiger partial charge in [0.1, 0.15) is 5.75 Å². The first kappa shape index (κ1) is 18.4. The van der Waals surface area contributed by atoms with Gasteiger partial charge in [-0.1, -0.05) is 30.3 Å². The molecule has 0 spiro atoms. The second-order valence-corrected chi connectivity index (χ2v) is 6.96. The summed E-state index contributed by atoms with van der Waals surface area (Å²) in [6.45, 7) is 3.72. The van der Waals surface area contributed by atoms with E-state index in [4.69, 9.17) is 11.5 Å². The Kier molecular flexibility index (Phi) is 4.39. The van der Waals surface area contributed by atoms with Crippen molar-refractivity contribution in [1.29, 1.82) is 0 Å². The molecule has 29 heavy (non-hydrogen) atoms. The number of fused-ring (bicyclic) bond motifs is 1. The van der Waals surface area contributed by atoms with Crippen LogP contribution in [0.3, 0.4) is 0 Å². The predicted molar refractivity (Wildman–Crippen MR) is 114 cm³/mol. The zero-order valence-corrected chi connectivity index (χ0v) is 16.1. The fourth-order valence-corrected chi connectivity index (χ4v) is 3.65. The number of carbonyl (C=O) groups is 1. The Hall–Kier alpha value is -3.93. The molecule has 144 valence electrons. The highest BCUT2D eigenvalue weighted by Gasteiger charge is 2.21. The smallest absolute Gasteiger partial charge is 0.269 e. The Labute approximate surface area is 167 Å². The first-order valence-electron chi connectivity index (χ1n) is 9.12. The number of carbonyl (C=O) groups excluding carboxylic acids is 1. The van der Waals surface area contributed by atoms with Gasteiger partial charge < -0.3 is 16.6 Å². The normalized spacial score (nSPS) is 11.0. The van der Waals surface area contributed by atoms with Crippen molar-refractivity contribution in [3.63, 3.8) is 0 Å². The third-order valence-electron chi connectivity index (χ3n) is 5.12. The summed E-state index contributed by atoms with van der Waals surface area (Å²) in [6.07, 6.45) is 1.70. The van der Waals surface area contributed by atoms with Gasteiger partial charge in [0.2, 0.25) is 0 Å². The van der Waals surface area contributed by atoms with E-state index in [1.807, 2.05) is 37.3 Å². The number of phenols is 1. The van der Waals surface area contributed by atoms with Crippen molar-refractivity contribution < 1.29 is 9.90 Å². The number of nitrogens with two attached hydrogens (primary N) is 2. The summed E-state index contributed by atoms with van der Waals surface area (Å²) in [6, 6.07) is 14.9. The van der Waals surface area contributed by atoms with Crippen molar-refractivity contribution in [2.24, 2.45) is 5.73 Å². The molecule has 0 radical (unpaired) electrons. The van der Waals surface area contributed by atoms with Gasteiger partial charge in [0.25, 0.3) is 5.91 Å². The van der Waals surface area contributed by atoms with Crippen molar-refractivity contribution in [2.75, 3.05) is 5.73 Å². The standard InChI is InChI=1S/C23H20N4O2/c1-12-7-8-18(28)13(2)19(12)16-11-17(27-22(20(16)24)23(25)29)21-15-6-4-3-5-14(15)9-10-26-21/h3-11,28H,24H2,1-2H3,(H2,25,29). The molecule has 6 nitrogen and oxygen atoms in total. The lowest BCUT2D eigenvalue weighted by Crippen LogP contribution is -2.17. The maximum atomic E-state index is 12.1. The second-order valence-electron chi connectivity index (χ2n) is 6.96. The van der Waals surface area contributed by atoms with Gasteiger partial charge in [-0.25, -0.2) is 4.98 Å². The number of benzene rings is 2. The van der Waals surface area contributed by atoms with Crippen LogP contribution in [0.1, 0.15) is 21.6 Å². The fraction of sp³-hybridized carbons (Fsp3) is 0.0870. The van der Waals surface area contributed by atoms with Crippen LogP contribution in [0.15, 0.2) is 54.7 Å². The summed E-state index contributed by atoms with van der Waals surface area (Å²) in [5.74, 6) is -0.575. The molecule has 6 heteroatoms. The summed E-state index contributed by atoms with van der Waals surface area (Å²) in [4.78, 5) is 21.0. The summed E-state index contributed by atoms with van der Waals surface area (Å²) in [7, 11) is 0. The number of phenolic OH excluding ortho intramolecular Hbond substituents is 1. The molecule has 2 aromatic carbocycles. The number of hydrogen-bond donors (Lipinski definition) is 3. The average Bonchev–Trinajstić information content (AvgIpc) is 2.71. The van der Waals surface area contributed by atoms with E-state index in [9.17, 15) is 9.90 Å². The van der Waals surface area contributed by atoms with Crippen molar-refractivity contribution in [3.8, 4) is 28.3 Å². The van der Waals surface area contributed by atoms with E-state index < -0.39 is 5.91 Å². The van der Waals surface area contributed by atoms with E-state index in [0.717, 1.165) is 21.9 Å². The Balaban J connectivity index is 2.09. The Morgan fingerprint density at radius 3 is 2.59 bits per heavy atom. The molecular weight excluding hydrogens is 364 g/mol. The van der Waals surface area contributed by atoms with E-state index in [-0.39, 0.29) is 17.1 Å². The van der Waals surface area contributed by atoms with Crippen molar-refractivity contribution in [3.05, 3.63) is 71.5 Å². The van der Waals surface area contributed by atoms with Crippen LogP contribution in [0.25, 0.3) is 33.3 Å². The van der Waals surface area contributed by atoms with Gasteiger partial charge in [-0.3, -0.25) is 9.78 Å². The van der Waals surface area contributed by atoms with Crippen LogP contribution in [-0.2, 0) is 0 Å². The molecule has 1 amide bonds. The van der Waals surface area contributed by atoms with Gasteiger partial charge in [-0.05, 0) is 54.1 Å². The summed E-state index contributed by atoms with van der Waals surface area (Å²) >= 11 is 0. The van der Waals surface area contributed by atoms with Gasteiger partial charge in [0.15, 0.2) is 5.69 Å². The first-order valence-corrected chi connectivity index (χ1v) is 9.12. The van der Waals surface area contributed by atoms with Crippen LogP contribution in [0.4, 0.5) is 5.69 Å². The zero-order valence-electron chi connectivity index (χ0n) is 16.1. The molecule has 0 unspecified atom stereocenters. The average molecular weight is 384 g/mol. The van der Waals surface area contributed by atoms with Crippen LogP contribution < -0.4 is 11.5 Å². The van der Waals surface area contributed by atoms with Gasteiger partial charge in [-0.2, -0.15) is 0 Å². The van der Waals surface area contributed by atoms with Crippen molar-refractivity contribution in [1.82, 2.24) is 9.97 Å². The predicted octanol–water partition coefficient (Wildman–Crippen LogP) is 3.97. The monoisotopic (exact) mass is 384 g/mol. The summed E-state index contributed by atoms with van der Waals surface area (Å²) in [5, 5.41) is 12.1. The van der Waals surface area contributed by atoms with Gasteiger partial charge in [0.05, 0.1) is 17.1 Å². The molecule has 4 rings (SSSR count). The van der Waals surface area contributed by atoms with Crippen LogP contribution in [0, 0.1) is 13.8 Å². The fourth-order valence-electron chi connectivity index (χ4n) is 3.65. The van der Waals surface area contributed by atoms with Crippen molar-refractivity contribution in [2.45, 2.75) is 13.8 Å². The second kappa shape index (κ2) is 6.91. The van der Waals surface area contributed by atoms with Crippen molar-refractivity contribution >= 4 is 22.4 Å². The number of primary amides is 1. The summed E-state index contributed by atoms with van der Waals surface area (Å²) in [5.41, 5.74) is 16.1. The molecule has 0 aliphatic heterocycles. The number of amides is 1. The number of aromatic hydroxyl groups is 1. The SMILES string of the molecule is Cc1ccc(O)c(C)c1-c1cc(-c2nccc3ccccc23)nc(C(N)=O)c1N. The molecule has 0 aliphatic carbocycles. The lowest BCUT2D eigenvalue weighted by atomic mass is 9.92. The molecule has 0 atom stereocenters. The van der Waals surface area contributed by atoms with E-state index in [0.29, 0.717) is 22.5 Å². The highest BCUT2D eigenvalue weighted by molar-refractivity contribution is 6.03. The van der Waals surface area contributed by atoms with Gasteiger partial charge in [0, 0.05) is 17.1 Å². The quantitative estimate of drug-likeness (QED) is 0.494. The molecule has 2 aromatic heterocycles. The van der Waals surface area contributed by atoms with Crippen LogP contribution in [0.5, 0.6) is 5.75 Å². The molecule has 4 aromatic rings. The first-order chi connectivity index (χ1) is 13.9. The van der Waals surface area contributed by atoms with Crippen LogP contribution in [-0.4, -0.2) is 21.0 Å². The van der Waals surface area contributed by atoms with Gasteiger partial charge >= 0.3 is 0 Å². The number of nitrogen functional groups attached to an aromatic ring is 1. The number of anilines is 1. The lowest BCUT2D eigenvalue weighted by Gasteiger charge is -2.17. The number of pyridine rings is 2. The number of rotatable bonds is 3. The number of aryl methyl sites for hydroxylation is 1. The third kappa shape index (κ3) is 3.04. The molecule has 2 heterocycles. The number of nitrogens with zero attached hydrogens (tertiary/aromatic N) is 2. The van der Waals surface area contributed by atoms with E-state index in [1.54, 1.807) is 31.3 Å². The molecule has 5 N–H and O–H groups in total. The highest BCUT2D eigenvalue weighted by Crippen LogP contribution is 2.39. The van der Waals surface area contributed by atoms with Crippen LogP contribution >= 0.6 is 0 Å². The Bertz CT molecular complexity index is 1280. The Morgan fingerprint density at radius 1 is 1.07 bits per heavy atom. The minimum Gasteiger partial charge on any atom is -0.508 e. The number of hydrogen-bond acceptors (Lipinski definition) is 5. The molecule has 0 bridgehead atoms. The topological polar surface area (TPSA) is 115 Å². The number of aromatic nitrogens is 2. The van der Waals surface area contributed by atoms with E-state index >= 15 is 0 Å². The maximum Gasteiger partial charge on any atom is 0.269 e. The van der Waals surface area contributed by atoms with Gasteiger partial charge in [-0.15, -0.1) is 0 Å². The zero-order chi connectivity index (χ0) is 20.7. The van der Waals surface area contributed by atoms with E-state index in [2.05, 4.69) is 9.97 Å². The lowest BCUT2D eigenvalue weighted by molar-refractivity contribution is 0.0996. The molecule has 0 aliphatic rings. The van der Waals surface area contributed by atoms with E-state index in [1.165, 1.54) is 0 Å². The molecular formula is C23H20N4O2. The molecule has 0 saturated carbocycles.